The minimum Gasteiger partial charge on any atom is -0.317 e. The highest BCUT2D eigenvalue weighted by molar-refractivity contribution is 6.17. The van der Waals surface area contributed by atoms with Crippen molar-refractivity contribution in [3.8, 4) is 0 Å². The lowest BCUT2D eigenvalue weighted by Crippen LogP contribution is -2.33. The maximum Gasteiger partial charge on any atom is 0.0713 e. The molecular weight excluding hydrogens is 260 g/mol. The summed E-state index contributed by atoms with van der Waals surface area (Å²) in [5.41, 5.74) is 0. The van der Waals surface area contributed by atoms with Gasteiger partial charge in [0, 0.05) is 0 Å². The predicted molar refractivity (Wildman–Crippen MR) is 86.0 cm³/mol. The summed E-state index contributed by atoms with van der Waals surface area (Å²) in [5.74, 6) is 0.736. The Morgan fingerprint density at radius 2 is 1.32 bits per heavy atom. The van der Waals surface area contributed by atoms with Crippen molar-refractivity contribution in [1.29, 1.82) is 0 Å². The van der Waals surface area contributed by atoms with Gasteiger partial charge in [0.1, 0.15) is 0 Å². The zero-order chi connectivity index (χ0) is 14.2. The summed E-state index contributed by atoms with van der Waals surface area (Å²) in [6.07, 6.45) is 3.58. The molecule has 0 rings (SSSR count). The molecule has 5 heteroatoms. The molecule has 0 aliphatic carbocycles. The third-order valence-corrected chi connectivity index (χ3v) is 3.39. The first-order chi connectivity index (χ1) is 9.35. The molecule has 0 spiro atoms. The Morgan fingerprint density at radius 3 is 1.79 bits per heavy atom. The van der Waals surface area contributed by atoms with Crippen molar-refractivity contribution >= 4 is 11.6 Å². The molecule has 116 valence electrons. The molecule has 0 aromatic carbocycles. The van der Waals surface area contributed by atoms with E-state index in [1.807, 2.05) is 0 Å². The summed E-state index contributed by atoms with van der Waals surface area (Å²) in [6, 6.07) is 0.550. The smallest absolute Gasteiger partial charge is 0.0713 e. The van der Waals surface area contributed by atoms with Gasteiger partial charge < -0.3 is 21.3 Å². The van der Waals surface area contributed by atoms with Crippen LogP contribution in [0.4, 0.5) is 0 Å². The van der Waals surface area contributed by atoms with Crippen LogP contribution in [-0.2, 0) is 0 Å². The van der Waals surface area contributed by atoms with Crippen LogP contribution >= 0.6 is 11.6 Å². The van der Waals surface area contributed by atoms with E-state index < -0.39 is 0 Å². The minimum absolute atomic E-state index is 0.550. The van der Waals surface area contributed by atoms with E-state index >= 15 is 0 Å². The molecule has 19 heavy (non-hydrogen) atoms. The summed E-state index contributed by atoms with van der Waals surface area (Å²) in [4.78, 5) is 0. The van der Waals surface area contributed by atoms with Crippen molar-refractivity contribution in [2.45, 2.75) is 33.1 Å². The zero-order valence-electron chi connectivity index (χ0n) is 12.7. The molecule has 4 nitrogen and oxygen atoms in total. The molecule has 0 aliphatic rings. The van der Waals surface area contributed by atoms with Crippen LogP contribution in [0.15, 0.2) is 0 Å². The lowest BCUT2D eigenvalue weighted by Gasteiger charge is -2.16. The van der Waals surface area contributed by atoms with E-state index in [1.165, 1.54) is 12.8 Å². The molecule has 0 fully saturated rings. The summed E-state index contributed by atoms with van der Waals surface area (Å²) < 4.78 is 0. The largest absolute Gasteiger partial charge is 0.317 e. The lowest BCUT2D eigenvalue weighted by molar-refractivity contribution is 0.425. The topological polar surface area (TPSA) is 48.1 Å². The van der Waals surface area contributed by atoms with Gasteiger partial charge in [-0.1, -0.05) is 20.3 Å². The van der Waals surface area contributed by atoms with Crippen LogP contribution in [-0.4, -0.2) is 51.8 Å². The Morgan fingerprint density at radius 1 is 0.789 bits per heavy atom. The Hall–Kier alpha value is 0.130. The standard InChI is InChI=1S/C14H33ClN4/c1-3-14(11-17-8-5-7-16-4-2)12-18-9-6-10-19-13-15/h14,16-19H,3-13H2,1-2H3. The van der Waals surface area contributed by atoms with E-state index in [4.69, 9.17) is 11.6 Å². The second-order valence-electron chi connectivity index (χ2n) is 4.88. The second-order valence-corrected chi connectivity index (χ2v) is 5.14. The molecule has 0 saturated carbocycles. The number of nitrogens with one attached hydrogen (secondary N) is 4. The first-order valence-electron chi connectivity index (χ1n) is 7.73. The summed E-state index contributed by atoms with van der Waals surface area (Å²) >= 11 is 5.55. The predicted octanol–water partition coefficient (Wildman–Crippen LogP) is 1.37. The highest BCUT2D eigenvalue weighted by atomic mass is 35.5. The highest BCUT2D eigenvalue weighted by Crippen LogP contribution is 1.98. The molecule has 0 aromatic heterocycles. The van der Waals surface area contributed by atoms with Crippen LogP contribution in [0.1, 0.15) is 33.1 Å². The lowest BCUT2D eigenvalue weighted by atomic mass is 10.1. The summed E-state index contributed by atoms with van der Waals surface area (Å²) in [6.45, 7) is 12.0. The first kappa shape index (κ1) is 19.1. The molecule has 1 unspecified atom stereocenters. The molecule has 0 heterocycles. The van der Waals surface area contributed by atoms with Gasteiger partial charge in [0.2, 0.25) is 0 Å². The molecule has 0 amide bonds. The first-order valence-corrected chi connectivity index (χ1v) is 8.27. The third-order valence-electron chi connectivity index (χ3n) is 3.20. The molecule has 0 saturated heterocycles. The fourth-order valence-electron chi connectivity index (χ4n) is 1.89. The summed E-state index contributed by atoms with van der Waals surface area (Å²) in [5, 5.41) is 13.5. The van der Waals surface area contributed by atoms with E-state index in [0.29, 0.717) is 6.00 Å². The Kier molecular flexibility index (Phi) is 16.3. The van der Waals surface area contributed by atoms with Gasteiger partial charge in [-0.05, 0) is 64.6 Å². The molecule has 0 aromatic rings. The Balaban J connectivity index is 3.30. The average molecular weight is 293 g/mol. The van der Waals surface area contributed by atoms with Crippen LogP contribution in [0, 0.1) is 5.92 Å². The fraction of sp³-hybridized carbons (Fsp3) is 1.00. The molecule has 0 aliphatic heterocycles. The number of halogens is 1. The van der Waals surface area contributed by atoms with E-state index in [-0.39, 0.29) is 0 Å². The van der Waals surface area contributed by atoms with Crippen molar-refractivity contribution in [3.63, 3.8) is 0 Å². The van der Waals surface area contributed by atoms with Crippen molar-refractivity contribution in [3.05, 3.63) is 0 Å². The zero-order valence-corrected chi connectivity index (χ0v) is 13.5. The normalized spacial score (nSPS) is 12.8. The van der Waals surface area contributed by atoms with Gasteiger partial charge in [0.15, 0.2) is 0 Å². The van der Waals surface area contributed by atoms with E-state index in [1.54, 1.807) is 0 Å². The fourth-order valence-corrected chi connectivity index (χ4v) is 2.03. The van der Waals surface area contributed by atoms with Gasteiger partial charge in [-0.2, -0.15) is 0 Å². The second kappa shape index (κ2) is 16.2. The van der Waals surface area contributed by atoms with Gasteiger partial charge in [-0.25, -0.2) is 0 Å². The Bertz CT molecular complexity index is 154. The van der Waals surface area contributed by atoms with E-state index in [9.17, 15) is 0 Å². The van der Waals surface area contributed by atoms with Gasteiger partial charge in [0.25, 0.3) is 0 Å². The Labute approximate surface area is 124 Å². The van der Waals surface area contributed by atoms with Crippen LogP contribution in [0.5, 0.6) is 0 Å². The van der Waals surface area contributed by atoms with Crippen molar-refractivity contribution in [2.75, 3.05) is 51.8 Å². The van der Waals surface area contributed by atoms with Gasteiger partial charge >= 0.3 is 0 Å². The van der Waals surface area contributed by atoms with Crippen LogP contribution in [0.3, 0.4) is 0 Å². The van der Waals surface area contributed by atoms with Crippen LogP contribution < -0.4 is 21.3 Å². The molecule has 1 atom stereocenters. The molecular formula is C14H33ClN4. The van der Waals surface area contributed by atoms with Crippen LogP contribution in [0.2, 0.25) is 0 Å². The maximum absolute atomic E-state index is 5.55. The number of alkyl halides is 1. The SMILES string of the molecule is CCNCCCNCC(CC)CNCCCNCCl. The van der Waals surface area contributed by atoms with Crippen LogP contribution in [0.25, 0.3) is 0 Å². The third kappa shape index (κ3) is 14.4. The summed E-state index contributed by atoms with van der Waals surface area (Å²) in [7, 11) is 0. The van der Waals surface area contributed by atoms with Gasteiger partial charge in [0.05, 0.1) is 6.00 Å². The van der Waals surface area contributed by atoms with E-state index in [2.05, 4.69) is 35.1 Å². The monoisotopic (exact) mass is 292 g/mol. The molecule has 4 N–H and O–H groups in total. The van der Waals surface area contributed by atoms with Crippen molar-refractivity contribution in [1.82, 2.24) is 21.3 Å². The van der Waals surface area contributed by atoms with Crippen molar-refractivity contribution < 1.29 is 0 Å². The quantitative estimate of drug-likeness (QED) is 0.209. The number of rotatable bonds is 15. The average Bonchev–Trinajstić information content (AvgIpc) is 2.44. The van der Waals surface area contributed by atoms with Gasteiger partial charge in [-0.3, -0.25) is 0 Å². The highest BCUT2D eigenvalue weighted by Gasteiger charge is 2.04. The maximum atomic E-state index is 5.55. The van der Waals surface area contributed by atoms with E-state index in [0.717, 1.165) is 58.2 Å². The minimum atomic E-state index is 0.550. The van der Waals surface area contributed by atoms with Gasteiger partial charge in [-0.15, -0.1) is 11.6 Å². The molecule has 0 radical (unpaired) electrons. The number of hydrogen-bond donors (Lipinski definition) is 4. The molecule has 0 bridgehead atoms. The van der Waals surface area contributed by atoms with Crippen molar-refractivity contribution in [2.24, 2.45) is 5.92 Å². The number of hydrogen-bond acceptors (Lipinski definition) is 4.